The van der Waals surface area contributed by atoms with Crippen LogP contribution >= 0.6 is 0 Å². The highest BCUT2D eigenvalue weighted by atomic mass is 16.5. The first-order valence-corrected chi connectivity index (χ1v) is 12.9. The molecule has 10 nitrogen and oxygen atoms in total. The number of hydrogen-bond acceptors (Lipinski definition) is 8. The van der Waals surface area contributed by atoms with E-state index in [4.69, 9.17) is 9.05 Å². The van der Waals surface area contributed by atoms with Crippen LogP contribution in [0.2, 0.25) is 0 Å². The molecule has 0 N–H and O–H groups in total. The molecular formula is C25H38N6O4. The molecule has 2 amide bonds. The maximum atomic E-state index is 12.8. The minimum atomic E-state index is -0.0897. The number of carbonyl (C=O) groups excluding carboxylic acids is 2. The second-order valence-corrected chi connectivity index (χ2v) is 10.2. The zero-order valence-electron chi connectivity index (χ0n) is 21.2. The van der Waals surface area contributed by atoms with Crippen molar-refractivity contribution in [2.45, 2.75) is 77.8 Å². The lowest BCUT2D eigenvalue weighted by atomic mass is 9.94. The van der Waals surface area contributed by atoms with Crippen LogP contribution in [-0.2, 0) is 24.2 Å². The zero-order valence-corrected chi connectivity index (χ0v) is 21.2. The van der Waals surface area contributed by atoms with E-state index in [2.05, 4.69) is 34.0 Å². The van der Waals surface area contributed by atoms with E-state index in [0.29, 0.717) is 61.8 Å². The third kappa shape index (κ3) is 6.90. The average molecular weight is 487 g/mol. The Morgan fingerprint density at radius 2 is 1.83 bits per heavy atom. The number of rotatable bonds is 9. The number of amides is 2. The molecule has 0 bridgehead atoms. The molecule has 0 atom stereocenters. The van der Waals surface area contributed by atoms with Crippen molar-refractivity contribution < 1.29 is 18.6 Å². The number of hydrogen-bond donors (Lipinski definition) is 0. The molecule has 4 rings (SSSR count). The van der Waals surface area contributed by atoms with Crippen molar-refractivity contribution in [3.63, 3.8) is 0 Å². The number of carbonyl (C=O) groups is 2. The fourth-order valence-corrected chi connectivity index (χ4v) is 4.90. The molecule has 0 spiro atoms. The summed E-state index contributed by atoms with van der Waals surface area (Å²) >= 11 is 0. The highest BCUT2D eigenvalue weighted by Crippen LogP contribution is 2.22. The maximum Gasteiger partial charge on any atom is 0.276 e. The lowest BCUT2D eigenvalue weighted by molar-refractivity contribution is -0.132. The van der Waals surface area contributed by atoms with Crippen LogP contribution in [0.4, 0.5) is 0 Å². The first kappa shape index (κ1) is 25.3. The Kier molecular flexibility index (Phi) is 8.54. The van der Waals surface area contributed by atoms with Crippen molar-refractivity contribution in [3.8, 4) is 0 Å². The lowest BCUT2D eigenvalue weighted by Crippen LogP contribution is -2.48. The van der Waals surface area contributed by atoms with Gasteiger partial charge in [0.25, 0.3) is 5.91 Å². The first-order chi connectivity index (χ1) is 16.9. The fraction of sp³-hybridized carbons (Fsp3) is 0.720. The predicted octanol–water partition coefficient (Wildman–Crippen LogP) is 2.94. The number of piperazine rings is 1. The van der Waals surface area contributed by atoms with Gasteiger partial charge >= 0.3 is 0 Å². The average Bonchev–Trinajstić information content (AvgIpc) is 3.52. The van der Waals surface area contributed by atoms with Gasteiger partial charge in [-0.2, -0.15) is 4.98 Å². The Morgan fingerprint density at radius 3 is 2.54 bits per heavy atom. The summed E-state index contributed by atoms with van der Waals surface area (Å²) in [6.07, 6.45) is 7.50. The molecular weight excluding hydrogens is 448 g/mol. The van der Waals surface area contributed by atoms with Crippen LogP contribution in [-0.4, -0.2) is 81.1 Å². The van der Waals surface area contributed by atoms with Crippen LogP contribution in [0.5, 0.6) is 0 Å². The van der Waals surface area contributed by atoms with Gasteiger partial charge in [0.15, 0.2) is 11.5 Å². The molecule has 0 aromatic carbocycles. The van der Waals surface area contributed by atoms with Crippen LogP contribution in [0, 0.1) is 5.92 Å². The molecule has 1 saturated carbocycles. The van der Waals surface area contributed by atoms with Crippen molar-refractivity contribution in [2.75, 3.05) is 33.2 Å². The first-order valence-electron chi connectivity index (χ1n) is 12.9. The van der Waals surface area contributed by atoms with Crippen molar-refractivity contribution in [1.82, 2.24) is 30.0 Å². The van der Waals surface area contributed by atoms with Crippen LogP contribution < -0.4 is 0 Å². The molecule has 0 radical (unpaired) electrons. The number of aryl methyl sites for hydroxylation is 1. The minimum Gasteiger partial charge on any atom is -0.361 e. The summed E-state index contributed by atoms with van der Waals surface area (Å²) in [6.45, 7) is 7.42. The third-order valence-corrected chi connectivity index (χ3v) is 6.99. The van der Waals surface area contributed by atoms with E-state index < -0.39 is 0 Å². The van der Waals surface area contributed by atoms with Gasteiger partial charge in [0.1, 0.15) is 5.76 Å². The largest absolute Gasteiger partial charge is 0.361 e. The van der Waals surface area contributed by atoms with Gasteiger partial charge in [-0.3, -0.25) is 14.5 Å². The van der Waals surface area contributed by atoms with E-state index in [1.54, 1.807) is 6.07 Å². The zero-order chi connectivity index (χ0) is 24.8. The summed E-state index contributed by atoms with van der Waals surface area (Å²) in [4.78, 5) is 35.7. The number of aromatic nitrogens is 3. The van der Waals surface area contributed by atoms with Gasteiger partial charge in [-0.1, -0.05) is 43.4 Å². The van der Waals surface area contributed by atoms with E-state index in [-0.39, 0.29) is 11.8 Å². The molecule has 3 heterocycles. The highest BCUT2D eigenvalue weighted by Gasteiger charge is 2.26. The number of nitrogens with zero attached hydrogens (tertiary/aromatic N) is 6. The molecule has 0 unspecified atom stereocenters. The lowest BCUT2D eigenvalue weighted by Gasteiger charge is -2.33. The fourth-order valence-electron chi connectivity index (χ4n) is 4.90. The van der Waals surface area contributed by atoms with E-state index in [1.807, 2.05) is 16.8 Å². The Labute approximate surface area is 207 Å². The molecule has 35 heavy (non-hydrogen) atoms. The topological polar surface area (TPSA) is 109 Å². The molecule has 1 aliphatic heterocycles. The Morgan fingerprint density at radius 1 is 1.09 bits per heavy atom. The Bertz CT molecular complexity index is 972. The molecule has 1 aliphatic carbocycles. The van der Waals surface area contributed by atoms with Crippen molar-refractivity contribution in [2.24, 2.45) is 5.92 Å². The summed E-state index contributed by atoms with van der Waals surface area (Å²) < 4.78 is 10.7. The van der Waals surface area contributed by atoms with Gasteiger partial charge in [0.05, 0.1) is 6.54 Å². The minimum absolute atomic E-state index is 0.0897. The van der Waals surface area contributed by atoms with E-state index in [0.717, 1.165) is 38.1 Å². The summed E-state index contributed by atoms with van der Waals surface area (Å²) in [5, 5.41) is 8.06. The molecule has 1 saturated heterocycles. The van der Waals surface area contributed by atoms with Crippen LogP contribution in [0.15, 0.2) is 15.1 Å². The van der Waals surface area contributed by atoms with Crippen molar-refractivity contribution in [1.29, 1.82) is 0 Å². The molecule has 2 aromatic rings. The standard InChI is InChI=1S/C25H38N6O4/c1-18(2)15-20-16-21(27-34-20)25(33)31-13-11-30(12-14-31)17-22-26-23(35-28-22)9-10-24(32)29(3)19-7-5-4-6-8-19/h16,18-19H,4-15,17H2,1-3H3. The molecule has 10 heteroatoms. The maximum absolute atomic E-state index is 12.8. The van der Waals surface area contributed by atoms with Crippen LogP contribution in [0.3, 0.4) is 0 Å². The van der Waals surface area contributed by atoms with E-state index in [9.17, 15) is 9.59 Å². The molecule has 2 aromatic heterocycles. The summed E-state index contributed by atoms with van der Waals surface area (Å²) in [7, 11) is 1.91. The molecule has 2 fully saturated rings. The Balaban J connectivity index is 1.19. The van der Waals surface area contributed by atoms with Crippen molar-refractivity contribution in [3.05, 3.63) is 29.2 Å². The van der Waals surface area contributed by atoms with Gasteiger partial charge in [-0.15, -0.1) is 0 Å². The monoisotopic (exact) mass is 486 g/mol. The van der Waals surface area contributed by atoms with E-state index >= 15 is 0 Å². The Hall–Kier alpha value is -2.75. The van der Waals surface area contributed by atoms with Gasteiger partial charge in [-0.05, 0) is 18.8 Å². The van der Waals surface area contributed by atoms with Crippen LogP contribution in [0.25, 0.3) is 0 Å². The second-order valence-electron chi connectivity index (χ2n) is 10.2. The van der Waals surface area contributed by atoms with Crippen molar-refractivity contribution >= 4 is 11.8 Å². The van der Waals surface area contributed by atoms with E-state index in [1.165, 1.54) is 19.3 Å². The summed E-state index contributed by atoms with van der Waals surface area (Å²) in [5.74, 6) is 2.36. The van der Waals surface area contributed by atoms with Gasteiger partial charge in [0, 0.05) is 64.6 Å². The molecule has 192 valence electrons. The SMILES string of the molecule is CC(C)Cc1cc(C(=O)N2CCN(Cc3noc(CCC(=O)N(C)C4CCCCC4)n3)CC2)no1. The van der Waals surface area contributed by atoms with Crippen LogP contribution in [0.1, 0.15) is 80.3 Å². The third-order valence-electron chi connectivity index (χ3n) is 6.99. The molecule has 2 aliphatic rings. The normalized spacial score (nSPS) is 17.8. The van der Waals surface area contributed by atoms with Gasteiger partial charge in [-0.25, -0.2) is 0 Å². The van der Waals surface area contributed by atoms with Gasteiger partial charge < -0.3 is 18.8 Å². The smallest absolute Gasteiger partial charge is 0.276 e. The second kappa shape index (κ2) is 11.8. The quantitative estimate of drug-likeness (QED) is 0.532. The summed E-state index contributed by atoms with van der Waals surface area (Å²) in [5.41, 5.74) is 0.376. The highest BCUT2D eigenvalue weighted by molar-refractivity contribution is 5.92. The summed E-state index contributed by atoms with van der Waals surface area (Å²) in [6, 6.07) is 2.12. The predicted molar refractivity (Wildman–Crippen MR) is 128 cm³/mol. The van der Waals surface area contributed by atoms with Gasteiger partial charge in [0.2, 0.25) is 11.8 Å².